The monoisotopic (exact) mass is 275 g/mol. The number of hydrogen-bond donors (Lipinski definition) is 2. The van der Waals surface area contributed by atoms with Crippen LogP contribution in [0.15, 0.2) is 12.1 Å². The molecule has 110 valence electrons. The summed E-state index contributed by atoms with van der Waals surface area (Å²) >= 11 is 0. The Kier molecular flexibility index (Phi) is 4.99. The minimum Gasteiger partial charge on any atom is -0.373 e. The van der Waals surface area contributed by atoms with E-state index in [0.29, 0.717) is 11.5 Å². The molecule has 20 heavy (non-hydrogen) atoms. The second kappa shape index (κ2) is 6.73. The number of nitrogens with one attached hydrogen (secondary N) is 2. The van der Waals surface area contributed by atoms with Gasteiger partial charge in [0.05, 0.1) is 0 Å². The molecular formula is C16H25N3O. The molecule has 2 atom stereocenters. The van der Waals surface area contributed by atoms with Crippen molar-refractivity contribution in [2.75, 3.05) is 18.9 Å². The number of amides is 1. The van der Waals surface area contributed by atoms with Crippen molar-refractivity contribution in [1.29, 1.82) is 0 Å². The number of carbonyl (C=O) groups excluding carboxylic acids is 1. The molecule has 0 aromatic carbocycles. The summed E-state index contributed by atoms with van der Waals surface area (Å²) in [7, 11) is 1.82. The van der Waals surface area contributed by atoms with E-state index in [1.54, 1.807) is 0 Å². The molecule has 1 heterocycles. The van der Waals surface area contributed by atoms with Gasteiger partial charge in [-0.1, -0.05) is 20.3 Å². The average molecular weight is 275 g/mol. The SMILES string of the molecule is CCc1cc(C(=O)NCC2CCC(C)C2)cc(NC)n1. The van der Waals surface area contributed by atoms with Crippen LogP contribution in [0.5, 0.6) is 0 Å². The lowest BCUT2D eigenvalue weighted by molar-refractivity contribution is 0.0947. The molecule has 2 rings (SSSR count). The second-order valence-electron chi connectivity index (χ2n) is 5.83. The fourth-order valence-corrected chi connectivity index (χ4v) is 2.88. The van der Waals surface area contributed by atoms with Crippen LogP contribution in [-0.2, 0) is 6.42 Å². The molecule has 2 N–H and O–H groups in total. The van der Waals surface area contributed by atoms with Gasteiger partial charge in [0.1, 0.15) is 5.82 Å². The molecule has 1 amide bonds. The van der Waals surface area contributed by atoms with E-state index >= 15 is 0 Å². The van der Waals surface area contributed by atoms with Crippen molar-refractivity contribution in [2.45, 2.75) is 39.5 Å². The van der Waals surface area contributed by atoms with Gasteiger partial charge in [-0.2, -0.15) is 0 Å². The third kappa shape index (κ3) is 3.71. The van der Waals surface area contributed by atoms with Crippen molar-refractivity contribution in [3.63, 3.8) is 0 Å². The van der Waals surface area contributed by atoms with Gasteiger partial charge in [-0.25, -0.2) is 4.98 Å². The molecule has 0 spiro atoms. The van der Waals surface area contributed by atoms with Crippen LogP contribution in [0.3, 0.4) is 0 Å². The molecule has 1 saturated carbocycles. The van der Waals surface area contributed by atoms with Crippen molar-refractivity contribution in [2.24, 2.45) is 11.8 Å². The maximum Gasteiger partial charge on any atom is 0.251 e. The molecule has 2 unspecified atom stereocenters. The number of aromatic nitrogens is 1. The summed E-state index contributed by atoms with van der Waals surface area (Å²) in [4.78, 5) is 16.7. The van der Waals surface area contributed by atoms with E-state index < -0.39 is 0 Å². The highest BCUT2D eigenvalue weighted by molar-refractivity contribution is 5.95. The summed E-state index contributed by atoms with van der Waals surface area (Å²) in [6.07, 6.45) is 4.59. The third-order valence-corrected chi connectivity index (χ3v) is 4.11. The first-order chi connectivity index (χ1) is 9.62. The summed E-state index contributed by atoms with van der Waals surface area (Å²) < 4.78 is 0. The third-order valence-electron chi connectivity index (χ3n) is 4.11. The smallest absolute Gasteiger partial charge is 0.251 e. The molecule has 1 aliphatic carbocycles. The Balaban J connectivity index is 1.97. The fraction of sp³-hybridized carbons (Fsp3) is 0.625. The standard InChI is InChI=1S/C16H25N3O/c1-4-14-8-13(9-15(17-3)19-14)16(20)18-10-12-6-5-11(2)7-12/h8-9,11-12H,4-7,10H2,1-3H3,(H,17,19)(H,18,20). The first-order valence-corrected chi connectivity index (χ1v) is 7.59. The number of hydrogen-bond acceptors (Lipinski definition) is 3. The topological polar surface area (TPSA) is 54.0 Å². The zero-order valence-electron chi connectivity index (χ0n) is 12.7. The lowest BCUT2D eigenvalue weighted by Crippen LogP contribution is -2.28. The molecule has 1 aromatic heterocycles. The number of aryl methyl sites for hydroxylation is 1. The Bertz CT molecular complexity index is 451. The van der Waals surface area contributed by atoms with Gasteiger partial charge in [0.25, 0.3) is 5.91 Å². The molecule has 0 saturated heterocycles. The lowest BCUT2D eigenvalue weighted by Gasteiger charge is -2.12. The maximum atomic E-state index is 12.3. The number of pyridine rings is 1. The average Bonchev–Trinajstić information content (AvgIpc) is 2.89. The first kappa shape index (κ1) is 14.8. The number of anilines is 1. The zero-order valence-corrected chi connectivity index (χ0v) is 12.7. The predicted molar refractivity (Wildman–Crippen MR) is 82.0 cm³/mol. The van der Waals surface area contributed by atoms with Crippen LogP contribution < -0.4 is 10.6 Å². The summed E-state index contributed by atoms with van der Waals surface area (Å²) in [5, 5.41) is 6.08. The largest absolute Gasteiger partial charge is 0.373 e. The van der Waals surface area contributed by atoms with Gasteiger partial charge in [0.2, 0.25) is 0 Å². The zero-order chi connectivity index (χ0) is 14.5. The van der Waals surface area contributed by atoms with Crippen molar-refractivity contribution in [3.8, 4) is 0 Å². The van der Waals surface area contributed by atoms with Crippen LogP contribution in [0.4, 0.5) is 5.82 Å². The van der Waals surface area contributed by atoms with Crippen molar-refractivity contribution < 1.29 is 4.79 Å². The number of carbonyl (C=O) groups is 1. The lowest BCUT2D eigenvalue weighted by atomic mass is 10.1. The summed E-state index contributed by atoms with van der Waals surface area (Å²) in [5.41, 5.74) is 1.64. The molecule has 1 aliphatic rings. The highest BCUT2D eigenvalue weighted by Gasteiger charge is 2.21. The van der Waals surface area contributed by atoms with E-state index in [-0.39, 0.29) is 5.91 Å². The van der Waals surface area contributed by atoms with Gasteiger partial charge in [-0.3, -0.25) is 4.79 Å². The molecule has 4 heteroatoms. The van der Waals surface area contributed by atoms with E-state index in [9.17, 15) is 4.79 Å². The van der Waals surface area contributed by atoms with E-state index in [4.69, 9.17) is 0 Å². The van der Waals surface area contributed by atoms with E-state index in [2.05, 4.69) is 22.5 Å². The molecular weight excluding hydrogens is 250 g/mol. The van der Waals surface area contributed by atoms with Gasteiger partial charge < -0.3 is 10.6 Å². The van der Waals surface area contributed by atoms with Crippen molar-refractivity contribution in [1.82, 2.24) is 10.3 Å². The summed E-state index contributed by atoms with van der Waals surface area (Å²) in [5.74, 6) is 2.22. The Labute approximate surface area is 121 Å². The maximum absolute atomic E-state index is 12.3. The van der Waals surface area contributed by atoms with E-state index in [1.165, 1.54) is 19.3 Å². The van der Waals surface area contributed by atoms with Gasteiger partial charge in [-0.05, 0) is 43.2 Å². The fourth-order valence-electron chi connectivity index (χ4n) is 2.88. The Morgan fingerprint density at radius 3 is 2.80 bits per heavy atom. The van der Waals surface area contributed by atoms with Crippen LogP contribution in [-0.4, -0.2) is 24.5 Å². The van der Waals surface area contributed by atoms with Crippen molar-refractivity contribution in [3.05, 3.63) is 23.4 Å². The quantitative estimate of drug-likeness (QED) is 0.869. The Morgan fingerprint density at radius 2 is 2.20 bits per heavy atom. The second-order valence-corrected chi connectivity index (χ2v) is 5.83. The van der Waals surface area contributed by atoms with Crippen molar-refractivity contribution >= 4 is 11.7 Å². The Hall–Kier alpha value is -1.58. The molecule has 1 fully saturated rings. The minimum atomic E-state index is 0.0122. The first-order valence-electron chi connectivity index (χ1n) is 7.59. The summed E-state index contributed by atoms with van der Waals surface area (Å²) in [6, 6.07) is 3.69. The molecule has 0 aliphatic heterocycles. The van der Waals surface area contributed by atoms with Crippen LogP contribution in [0.2, 0.25) is 0 Å². The molecule has 0 bridgehead atoms. The number of rotatable bonds is 5. The van der Waals surface area contributed by atoms with Gasteiger partial charge >= 0.3 is 0 Å². The van der Waals surface area contributed by atoms with Crippen LogP contribution >= 0.6 is 0 Å². The van der Waals surface area contributed by atoms with E-state index in [0.717, 1.165) is 30.4 Å². The van der Waals surface area contributed by atoms with Crippen LogP contribution in [0.1, 0.15) is 49.2 Å². The summed E-state index contributed by atoms with van der Waals surface area (Å²) in [6.45, 7) is 5.13. The highest BCUT2D eigenvalue weighted by atomic mass is 16.1. The minimum absolute atomic E-state index is 0.0122. The predicted octanol–water partition coefficient (Wildman–Crippen LogP) is 2.85. The number of nitrogens with zero attached hydrogens (tertiary/aromatic N) is 1. The van der Waals surface area contributed by atoms with Gasteiger partial charge in [-0.15, -0.1) is 0 Å². The molecule has 0 radical (unpaired) electrons. The molecule has 4 nitrogen and oxygen atoms in total. The Morgan fingerprint density at radius 1 is 1.40 bits per heavy atom. The van der Waals surface area contributed by atoms with Gasteiger partial charge in [0.15, 0.2) is 0 Å². The normalized spacial score (nSPS) is 21.8. The van der Waals surface area contributed by atoms with E-state index in [1.807, 2.05) is 26.1 Å². The van der Waals surface area contributed by atoms with Crippen LogP contribution in [0.25, 0.3) is 0 Å². The van der Waals surface area contributed by atoms with Gasteiger partial charge in [0, 0.05) is 24.8 Å². The highest BCUT2D eigenvalue weighted by Crippen LogP contribution is 2.29. The molecule has 1 aromatic rings. The van der Waals surface area contributed by atoms with Crippen LogP contribution in [0, 0.1) is 11.8 Å².